The fourth-order valence-corrected chi connectivity index (χ4v) is 3.51. The SMILES string of the molecule is CC(=CCc1ccco1)CCCC(C)CCCC(C)CCCC(C)C. The largest absolute Gasteiger partial charge is 0.469 e. The number of rotatable bonds is 14. The van der Waals surface area contributed by atoms with Crippen LogP contribution in [-0.2, 0) is 6.42 Å². The summed E-state index contributed by atoms with van der Waals surface area (Å²) in [5, 5.41) is 0. The van der Waals surface area contributed by atoms with Gasteiger partial charge in [0.1, 0.15) is 5.76 Å². The molecule has 1 nitrogen and oxygen atoms in total. The first kappa shape index (κ1) is 22.1. The van der Waals surface area contributed by atoms with Crippen LogP contribution in [0.1, 0.15) is 98.2 Å². The van der Waals surface area contributed by atoms with Crippen LogP contribution >= 0.6 is 0 Å². The van der Waals surface area contributed by atoms with Crippen molar-refractivity contribution in [3.05, 3.63) is 35.8 Å². The van der Waals surface area contributed by atoms with Gasteiger partial charge in [0.25, 0.3) is 0 Å². The maximum atomic E-state index is 5.38. The van der Waals surface area contributed by atoms with Crippen molar-refractivity contribution in [1.29, 1.82) is 0 Å². The molecule has 0 spiro atoms. The van der Waals surface area contributed by atoms with Gasteiger partial charge in [0.15, 0.2) is 0 Å². The molecule has 0 saturated heterocycles. The summed E-state index contributed by atoms with van der Waals surface area (Å²) < 4.78 is 5.38. The lowest BCUT2D eigenvalue weighted by atomic mass is 9.91. The molecule has 0 N–H and O–H groups in total. The normalized spacial score (nSPS) is 14.9. The highest BCUT2D eigenvalue weighted by Crippen LogP contribution is 2.22. The molecule has 1 heteroatoms. The zero-order valence-corrected chi connectivity index (χ0v) is 17.5. The summed E-state index contributed by atoms with van der Waals surface area (Å²) in [5.41, 5.74) is 1.50. The second-order valence-corrected chi connectivity index (χ2v) is 8.69. The van der Waals surface area contributed by atoms with Gasteiger partial charge in [-0.25, -0.2) is 0 Å². The van der Waals surface area contributed by atoms with Crippen LogP contribution in [0.5, 0.6) is 0 Å². The van der Waals surface area contributed by atoms with E-state index >= 15 is 0 Å². The summed E-state index contributed by atoms with van der Waals surface area (Å²) in [7, 11) is 0. The molecular weight excluding hydrogens is 304 g/mol. The van der Waals surface area contributed by atoms with E-state index in [4.69, 9.17) is 4.42 Å². The monoisotopic (exact) mass is 346 g/mol. The Kier molecular flexibility index (Phi) is 11.7. The fraction of sp³-hybridized carbons (Fsp3) is 0.750. The first-order valence-corrected chi connectivity index (χ1v) is 10.6. The molecule has 2 unspecified atom stereocenters. The molecular formula is C24H42O. The summed E-state index contributed by atoms with van der Waals surface area (Å²) in [6.45, 7) is 11.8. The van der Waals surface area contributed by atoms with Crippen molar-refractivity contribution < 1.29 is 4.42 Å². The lowest BCUT2D eigenvalue weighted by Crippen LogP contribution is -2.00. The third-order valence-corrected chi connectivity index (χ3v) is 5.37. The Morgan fingerprint density at radius 2 is 1.52 bits per heavy atom. The molecule has 1 heterocycles. The van der Waals surface area contributed by atoms with Gasteiger partial charge in [-0.1, -0.05) is 84.3 Å². The average Bonchev–Trinajstić information content (AvgIpc) is 3.06. The smallest absolute Gasteiger partial charge is 0.107 e. The Bertz CT molecular complexity index is 441. The summed E-state index contributed by atoms with van der Waals surface area (Å²) in [5.74, 6) is 3.72. The first-order chi connectivity index (χ1) is 12.0. The molecule has 0 aliphatic carbocycles. The van der Waals surface area contributed by atoms with E-state index in [0.29, 0.717) is 0 Å². The van der Waals surface area contributed by atoms with Crippen LogP contribution in [0.15, 0.2) is 34.5 Å². The highest BCUT2D eigenvalue weighted by atomic mass is 16.3. The average molecular weight is 347 g/mol. The zero-order valence-electron chi connectivity index (χ0n) is 17.5. The molecule has 144 valence electrons. The lowest BCUT2D eigenvalue weighted by Gasteiger charge is -2.15. The van der Waals surface area contributed by atoms with Crippen LogP contribution in [0.3, 0.4) is 0 Å². The molecule has 0 saturated carbocycles. The molecule has 0 amide bonds. The van der Waals surface area contributed by atoms with E-state index in [2.05, 4.69) is 46.8 Å². The predicted molar refractivity (Wildman–Crippen MR) is 111 cm³/mol. The van der Waals surface area contributed by atoms with Crippen molar-refractivity contribution in [2.45, 2.75) is 98.8 Å². The number of hydrogen-bond acceptors (Lipinski definition) is 1. The summed E-state index contributed by atoms with van der Waals surface area (Å²) in [6, 6.07) is 4.01. The fourth-order valence-electron chi connectivity index (χ4n) is 3.51. The minimum atomic E-state index is 0.865. The van der Waals surface area contributed by atoms with Gasteiger partial charge in [-0.2, -0.15) is 0 Å². The minimum Gasteiger partial charge on any atom is -0.469 e. The van der Waals surface area contributed by atoms with Crippen LogP contribution in [0.4, 0.5) is 0 Å². The molecule has 1 aromatic rings. The molecule has 2 atom stereocenters. The summed E-state index contributed by atoms with van der Waals surface area (Å²) in [6.07, 6.45) is 17.4. The number of hydrogen-bond donors (Lipinski definition) is 0. The Balaban J connectivity index is 2.02. The van der Waals surface area contributed by atoms with Crippen molar-refractivity contribution in [3.63, 3.8) is 0 Å². The van der Waals surface area contributed by atoms with Gasteiger partial charge < -0.3 is 4.42 Å². The van der Waals surface area contributed by atoms with Gasteiger partial charge in [-0.05, 0) is 49.7 Å². The van der Waals surface area contributed by atoms with E-state index < -0.39 is 0 Å². The molecule has 0 bridgehead atoms. The third-order valence-electron chi connectivity index (χ3n) is 5.37. The van der Waals surface area contributed by atoms with E-state index in [9.17, 15) is 0 Å². The van der Waals surface area contributed by atoms with Gasteiger partial charge >= 0.3 is 0 Å². The Labute approximate surface area is 157 Å². The molecule has 1 rings (SSSR count). The summed E-state index contributed by atoms with van der Waals surface area (Å²) in [4.78, 5) is 0. The van der Waals surface area contributed by atoms with Crippen LogP contribution in [0, 0.1) is 17.8 Å². The maximum Gasteiger partial charge on any atom is 0.107 e. The highest BCUT2D eigenvalue weighted by molar-refractivity contribution is 5.07. The third kappa shape index (κ3) is 12.1. The molecule has 0 aromatic carbocycles. The van der Waals surface area contributed by atoms with Gasteiger partial charge in [0, 0.05) is 6.42 Å². The lowest BCUT2D eigenvalue weighted by molar-refractivity contribution is 0.389. The molecule has 25 heavy (non-hydrogen) atoms. The van der Waals surface area contributed by atoms with Crippen LogP contribution in [0.25, 0.3) is 0 Å². The van der Waals surface area contributed by atoms with Crippen LogP contribution < -0.4 is 0 Å². The standard InChI is InChI=1S/C24H42O/c1-20(2)10-6-11-21(3)12-7-13-22(4)14-8-15-23(5)17-18-24-16-9-19-25-24/h9,16-17,19-22H,6-8,10-15,18H2,1-5H3. The molecule has 0 aliphatic heterocycles. The van der Waals surface area contributed by atoms with Crippen molar-refractivity contribution in [1.82, 2.24) is 0 Å². The van der Waals surface area contributed by atoms with E-state index in [1.54, 1.807) is 6.26 Å². The van der Waals surface area contributed by atoms with Crippen molar-refractivity contribution >= 4 is 0 Å². The number of allylic oxidation sites excluding steroid dienone is 2. The minimum absolute atomic E-state index is 0.865. The molecule has 1 aromatic heterocycles. The molecule has 0 aliphatic rings. The van der Waals surface area contributed by atoms with E-state index in [-0.39, 0.29) is 0 Å². The van der Waals surface area contributed by atoms with Gasteiger partial charge in [0.2, 0.25) is 0 Å². The highest BCUT2D eigenvalue weighted by Gasteiger charge is 2.06. The topological polar surface area (TPSA) is 13.1 Å². The van der Waals surface area contributed by atoms with Gasteiger partial charge in [-0.3, -0.25) is 0 Å². The Hall–Kier alpha value is -0.980. The number of furan rings is 1. The molecule has 0 radical (unpaired) electrons. The second kappa shape index (κ2) is 13.3. The first-order valence-electron chi connectivity index (χ1n) is 10.6. The van der Waals surface area contributed by atoms with Gasteiger partial charge in [-0.15, -0.1) is 0 Å². The Morgan fingerprint density at radius 3 is 2.08 bits per heavy atom. The van der Waals surface area contributed by atoms with E-state index in [1.807, 2.05) is 6.07 Å². The van der Waals surface area contributed by atoms with E-state index in [0.717, 1.165) is 29.9 Å². The predicted octanol–water partition coefficient (Wildman–Crippen LogP) is 8.21. The Morgan fingerprint density at radius 1 is 0.920 bits per heavy atom. The van der Waals surface area contributed by atoms with Crippen LogP contribution in [0.2, 0.25) is 0 Å². The van der Waals surface area contributed by atoms with Gasteiger partial charge in [0.05, 0.1) is 6.26 Å². The quantitative estimate of drug-likeness (QED) is 0.309. The zero-order chi connectivity index (χ0) is 18.5. The van der Waals surface area contributed by atoms with E-state index in [1.165, 1.54) is 63.4 Å². The van der Waals surface area contributed by atoms with Crippen molar-refractivity contribution in [2.75, 3.05) is 0 Å². The van der Waals surface area contributed by atoms with Crippen molar-refractivity contribution in [3.8, 4) is 0 Å². The maximum absolute atomic E-state index is 5.38. The van der Waals surface area contributed by atoms with Crippen LogP contribution in [-0.4, -0.2) is 0 Å². The molecule has 0 fully saturated rings. The second-order valence-electron chi connectivity index (χ2n) is 8.69. The van der Waals surface area contributed by atoms with Crippen molar-refractivity contribution in [2.24, 2.45) is 17.8 Å². The summed E-state index contributed by atoms with van der Waals surface area (Å²) >= 11 is 0.